The van der Waals surface area contributed by atoms with Crippen molar-refractivity contribution in [3.05, 3.63) is 23.9 Å². The van der Waals surface area contributed by atoms with Gasteiger partial charge in [-0.15, -0.1) is 0 Å². The van der Waals surface area contributed by atoms with Crippen LogP contribution in [0.15, 0.2) is 18.3 Å². The quantitative estimate of drug-likeness (QED) is 0.767. The summed E-state index contributed by atoms with van der Waals surface area (Å²) in [5.41, 5.74) is 1.33. The van der Waals surface area contributed by atoms with Gasteiger partial charge in [-0.1, -0.05) is 20.3 Å². The van der Waals surface area contributed by atoms with Crippen LogP contribution in [0.1, 0.15) is 32.3 Å². The van der Waals surface area contributed by atoms with Crippen LogP contribution in [0.2, 0.25) is 0 Å². The monoisotopic (exact) mass is 221 g/mol. The van der Waals surface area contributed by atoms with Gasteiger partial charge in [-0.05, 0) is 37.2 Å². The van der Waals surface area contributed by atoms with Crippen LogP contribution in [0, 0.1) is 0 Å². The fourth-order valence-electron chi connectivity index (χ4n) is 1.70. The van der Waals surface area contributed by atoms with E-state index < -0.39 is 0 Å². The smallest absolute Gasteiger partial charge is 0.125 e. The molecule has 0 unspecified atom stereocenters. The molecule has 0 aliphatic heterocycles. The summed E-state index contributed by atoms with van der Waals surface area (Å²) in [6, 6.07) is 4.21. The van der Waals surface area contributed by atoms with E-state index in [1.165, 1.54) is 24.9 Å². The van der Waals surface area contributed by atoms with Crippen LogP contribution in [0.3, 0.4) is 0 Å². The molecule has 16 heavy (non-hydrogen) atoms. The van der Waals surface area contributed by atoms with Crippen LogP contribution in [0.25, 0.3) is 0 Å². The van der Waals surface area contributed by atoms with Crippen LogP contribution in [0.4, 0.5) is 5.82 Å². The lowest BCUT2D eigenvalue weighted by Crippen LogP contribution is -2.23. The maximum absolute atomic E-state index is 4.22. The number of hydrogen-bond donors (Lipinski definition) is 1. The van der Waals surface area contributed by atoms with Crippen molar-refractivity contribution in [2.45, 2.75) is 33.2 Å². The van der Waals surface area contributed by atoms with Gasteiger partial charge in [0.05, 0.1) is 0 Å². The average molecular weight is 221 g/mol. The summed E-state index contributed by atoms with van der Waals surface area (Å²) in [4.78, 5) is 6.69. The number of nitrogens with one attached hydrogen (secondary N) is 1. The van der Waals surface area contributed by atoms with Crippen molar-refractivity contribution in [2.75, 3.05) is 25.5 Å². The molecule has 0 saturated heterocycles. The third-order valence-electron chi connectivity index (χ3n) is 2.76. The minimum Gasteiger partial charge on any atom is -0.373 e. The average Bonchev–Trinajstić information content (AvgIpc) is 2.34. The molecular formula is C13H23N3. The lowest BCUT2D eigenvalue weighted by Gasteiger charge is -2.20. The molecule has 0 atom stereocenters. The molecule has 0 fully saturated rings. The SMILES string of the molecule is CCCCN(CC)Cc1ccnc(NC)c1. The van der Waals surface area contributed by atoms with E-state index in [0.29, 0.717) is 0 Å². The topological polar surface area (TPSA) is 28.2 Å². The summed E-state index contributed by atoms with van der Waals surface area (Å²) in [7, 11) is 1.90. The third-order valence-corrected chi connectivity index (χ3v) is 2.76. The zero-order chi connectivity index (χ0) is 11.8. The molecule has 1 rings (SSSR count). The van der Waals surface area contributed by atoms with Gasteiger partial charge in [0.2, 0.25) is 0 Å². The summed E-state index contributed by atoms with van der Waals surface area (Å²) >= 11 is 0. The Morgan fingerprint density at radius 1 is 1.38 bits per heavy atom. The van der Waals surface area contributed by atoms with Gasteiger partial charge in [-0.2, -0.15) is 0 Å². The fourth-order valence-corrected chi connectivity index (χ4v) is 1.70. The highest BCUT2D eigenvalue weighted by molar-refractivity contribution is 5.36. The standard InChI is InChI=1S/C13H23N3/c1-4-6-9-16(5-2)11-12-7-8-15-13(10-12)14-3/h7-8,10H,4-6,9,11H2,1-3H3,(H,14,15). The highest BCUT2D eigenvalue weighted by Crippen LogP contribution is 2.09. The van der Waals surface area contributed by atoms with Crippen molar-refractivity contribution in [3.63, 3.8) is 0 Å². The molecule has 0 aromatic carbocycles. The number of anilines is 1. The second-order valence-corrected chi connectivity index (χ2v) is 4.02. The molecule has 1 aromatic rings. The molecular weight excluding hydrogens is 198 g/mol. The number of pyridine rings is 1. The minimum absolute atomic E-state index is 0.948. The van der Waals surface area contributed by atoms with E-state index in [4.69, 9.17) is 0 Å². The Hall–Kier alpha value is -1.09. The zero-order valence-corrected chi connectivity index (χ0v) is 10.7. The summed E-state index contributed by atoms with van der Waals surface area (Å²) in [5, 5.41) is 3.07. The minimum atomic E-state index is 0.948. The number of hydrogen-bond acceptors (Lipinski definition) is 3. The molecule has 0 spiro atoms. The molecule has 0 aliphatic carbocycles. The lowest BCUT2D eigenvalue weighted by atomic mass is 10.2. The normalized spacial score (nSPS) is 10.8. The molecule has 3 nitrogen and oxygen atoms in total. The Morgan fingerprint density at radius 2 is 2.19 bits per heavy atom. The Morgan fingerprint density at radius 3 is 2.81 bits per heavy atom. The first-order valence-electron chi connectivity index (χ1n) is 6.15. The van der Waals surface area contributed by atoms with Gasteiger partial charge >= 0.3 is 0 Å². The Balaban J connectivity index is 2.55. The van der Waals surface area contributed by atoms with Gasteiger partial charge in [0.25, 0.3) is 0 Å². The summed E-state index contributed by atoms with van der Waals surface area (Å²) < 4.78 is 0. The maximum Gasteiger partial charge on any atom is 0.125 e. The second kappa shape index (κ2) is 7.23. The van der Waals surface area contributed by atoms with Gasteiger partial charge in [-0.3, -0.25) is 4.90 Å². The van der Waals surface area contributed by atoms with E-state index >= 15 is 0 Å². The van der Waals surface area contributed by atoms with Crippen molar-refractivity contribution < 1.29 is 0 Å². The Kier molecular flexibility index (Phi) is 5.86. The van der Waals surface area contributed by atoms with Gasteiger partial charge in [0, 0.05) is 19.8 Å². The molecule has 0 amide bonds. The highest BCUT2D eigenvalue weighted by atomic mass is 15.1. The molecule has 0 saturated carbocycles. The number of aromatic nitrogens is 1. The van der Waals surface area contributed by atoms with E-state index in [-0.39, 0.29) is 0 Å². The number of nitrogens with zero attached hydrogens (tertiary/aromatic N) is 2. The summed E-state index contributed by atoms with van der Waals surface area (Å²) in [6.45, 7) is 7.77. The van der Waals surface area contributed by atoms with E-state index in [1.807, 2.05) is 13.2 Å². The molecule has 1 aromatic heterocycles. The van der Waals surface area contributed by atoms with E-state index in [9.17, 15) is 0 Å². The molecule has 0 bridgehead atoms. The molecule has 3 heteroatoms. The Labute approximate surface area is 98.9 Å². The van der Waals surface area contributed by atoms with E-state index in [0.717, 1.165) is 18.9 Å². The largest absolute Gasteiger partial charge is 0.373 e. The third kappa shape index (κ3) is 4.19. The maximum atomic E-state index is 4.22. The van der Waals surface area contributed by atoms with E-state index in [2.05, 4.69) is 41.2 Å². The van der Waals surface area contributed by atoms with Gasteiger partial charge in [0.15, 0.2) is 0 Å². The second-order valence-electron chi connectivity index (χ2n) is 4.02. The predicted molar refractivity (Wildman–Crippen MR) is 69.6 cm³/mol. The molecule has 0 aliphatic rings. The van der Waals surface area contributed by atoms with Crippen LogP contribution in [-0.4, -0.2) is 30.0 Å². The molecule has 90 valence electrons. The van der Waals surface area contributed by atoms with Crippen LogP contribution < -0.4 is 5.32 Å². The molecule has 1 heterocycles. The van der Waals surface area contributed by atoms with Crippen molar-refractivity contribution >= 4 is 5.82 Å². The first-order valence-corrected chi connectivity index (χ1v) is 6.15. The number of rotatable bonds is 7. The van der Waals surface area contributed by atoms with Crippen molar-refractivity contribution in [2.24, 2.45) is 0 Å². The lowest BCUT2D eigenvalue weighted by molar-refractivity contribution is 0.275. The first-order chi connectivity index (χ1) is 7.80. The van der Waals surface area contributed by atoms with E-state index in [1.54, 1.807) is 0 Å². The molecule has 0 radical (unpaired) electrons. The highest BCUT2D eigenvalue weighted by Gasteiger charge is 2.03. The van der Waals surface area contributed by atoms with Gasteiger partial charge in [-0.25, -0.2) is 4.98 Å². The van der Waals surface area contributed by atoms with Crippen molar-refractivity contribution in [1.82, 2.24) is 9.88 Å². The zero-order valence-electron chi connectivity index (χ0n) is 10.7. The van der Waals surface area contributed by atoms with Crippen LogP contribution in [0.5, 0.6) is 0 Å². The van der Waals surface area contributed by atoms with Gasteiger partial charge < -0.3 is 5.32 Å². The Bertz CT molecular complexity index is 299. The first kappa shape index (κ1) is 13.0. The predicted octanol–water partition coefficient (Wildman–Crippen LogP) is 2.75. The van der Waals surface area contributed by atoms with Crippen LogP contribution >= 0.6 is 0 Å². The van der Waals surface area contributed by atoms with Gasteiger partial charge in [0.1, 0.15) is 5.82 Å². The summed E-state index contributed by atoms with van der Waals surface area (Å²) in [6.07, 6.45) is 4.40. The van der Waals surface area contributed by atoms with Crippen LogP contribution in [-0.2, 0) is 6.54 Å². The fraction of sp³-hybridized carbons (Fsp3) is 0.615. The van der Waals surface area contributed by atoms with Crippen molar-refractivity contribution in [1.29, 1.82) is 0 Å². The van der Waals surface area contributed by atoms with Crippen molar-refractivity contribution in [3.8, 4) is 0 Å². The summed E-state index contributed by atoms with van der Waals surface area (Å²) in [5.74, 6) is 0.948. The number of unbranched alkanes of at least 4 members (excludes halogenated alkanes) is 1. The molecule has 1 N–H and O–H groups in total.